The molecule has 3 aliphatic heterocycles. The Bertz CT molecular complexity index is 848. The van der Waals surface area contributed by atoms with Gasteiger partial charge in [0.2, 0.25) is 11.3 Å². The highest BCUT2D eigenvalue weighted by molar-refractivity contribution is 5.87. The van der Waals surface area contributed by atoms with E-state index in [4.69, 9.17) is 14.9 Å². The summed E-state index contributed by atoms with van der Waals surface area (Å²) in [6, 6.07) is 15.4. The molecule has 4 unspecified atom stereocenters. The van der Waals surface area contributed by atoms with Crippen molar-refractivity contribution in [2.24, 2.45) is 11.3 Å². The number of hydrogen-bond acceptors (Lipinski definition) is 6. The number of benzene rings is 1. The molecule has 6 nitrogen and oxygen atoms in total. The standard InChI is InChI=1S/C19H16N4O2/c20-10-17(11-21)14-8-4-5-9-18(14)16(23)25-19(17,12-22)15(24-18)13-6-2-1-3-7-13/h1-3,6-7,14-15,23H,4-5,8-9H2. The van der Waals surface area contributed by atoms with Gasteiger partial charge in [-0.1, -0.05) is 43.2 Å². The molecule has 4 aliphatic rings. The summed E-state index contributed by atoms with van der Waals surface area (Å²) >= 11 is 0. The average molecular weight is 332 g/mol. The van der Waals surface area contributed by atoms with Gasteiger partial charge >= 0.3 is 0 Å². The van der Waals surface area contributed by atoms with Crippen LogP contribution in [0.1, 0.15) is 37.4 Å². The molecule has 1 spiro atoms. The van der Waals surface area contributed by atoms with Crippen LogP contribution in [0.2, 0.25) is 0 Å². The first-order valence-electron chi connectivity index (χ1n) is 8.35. The van der Waals surface area contributed by atoms with Crippen molar-refractivity contribution in [2.45, 2.75) is 43.0 Å². The van der Waals surface area contributed by atoms with Gasteiger partial charge in [-0.2, -0.15) is 15.8 Å². The lowest BCUT2D eigenvalue weighted by atomic mass is 9.50. The Morgan fingerprint density at radius 1 is 1.04 bits per heavy atom. The zero-order valence-corrected chi connectivity index (χ0v) is 13.5. The van der Waals surface area contributed by atoms with E-state index in [2.05, 4.69) is 18.2 Å². The minimum atomic E-state index is -1.85. The van der Waals surface area contributed by atoms with E-state index in [9.17, 15) is 15.8 Å². The molecule has 2 bridgehead atoms. The molecular weight excluding hydrogens is 316 g/mol. The molecule has 0 radical (unpaired) electrons. The summed E-state index contributed by atoms with van der Waals surface area (Å²) in [5.74, 6) is -0.656. The Balaban J connectivity index is 2.01. The van der Waals surface area contributed by atoms with Gasteiger partial charge in [-0.3, -0.25) is 5.41 Å². The van der Waals surface area contributed by atoms with E-state index in [1.54, 1.807) is 12.1 Å². The first-order chi connectivity index (χ1) is 12.1. The average Bonchev–Trinajstić information content (AvgIpc) is 2.67. The molecule has 4 atom stereocenters. The largest absolute Gasteiger partial charge is 0.451 e. The van der Waals surface area contributed by atoms with Gasteiger partial charge in [0.15, 0.2) is 0 Å². The van der Waals surface area contributed by atoms with Crippen LogP contribution >= 0.6 is 0 Å². The molecule has 25 heavy (non-hydrogen) atoms. The van der Waals surface area contributed by atoms with Gasteiger partial charge in [0.25, 0.3) is 5.60 Å². The molecule has 1 aliphatic carbocycles. The monoisotopic (exact) mass is 332 g/mol. The van der Waals surface area contributed by atoms with Gasteiger partial charge in [0.1, 0.15) is 17.8 Å². The number of nitrogens with zero attached hydrogens (tertiary/aromatic N) is 3. The minimum absolute atomic E-state index is 0.118. The summed E-state index contributed by atoms with van der Waals surface area (Å²) in [6.45, 7) is 0. The predicted molar refractivity (Wildman–Crippen MR) is 85.8 cm³/mol. The lowest BCUT2D eigenvalue weighted by Crippen LogP contribution is -2.76. The molecule has 124 valence electrons. The van der Waals surface area contributed by atoms with Crippen molar-refractivity contribution in [1.82, 2.24) is 0 Å². The van der Waals surface area contributed by atoms with Gasteiger partial charge in [-0.05, 0) is 18.4 Å². The second kappa shape index (κ2) is 5.06. The molecular formula is C19H16N4O2. The van der Waals surface area contributed by atoms with Crippen LogP contribution in [0, 0.1) is 50.7 Å². The quantitative estimate of drug-likeness (QED) is 0.849. The van der Waals surface area contributed by atoms with Crippen molar-refractivity contribution in [1.29, 1.82) is 21.2 Å². The maximum absolute atomic E-state index is 10.0. The number of rotatable bonds is 1. The van der Waals surface area contributed by atoms with Crippen molar-refractivity contribution in [2.75, 3.05) is 0 Å². The molecule has 3 heterocycles. The Morgan fingerprint density at radius 2 is 1.76 bits per heavy atom. The van der Waals surface area contributed by atoms with Crippen LogP contribution in [0.3, 0.4) is 0 Å². The van der Waals surface area contributed by atoms with E-state index in [-0.39, 0.29) is 5.90 Å². The lowest BCUT2D eigenvalue weighted by molar-refractivity contribution is -0.290. The van der Waals surface area contributed by atoms with Crippen LogP contribution in [0.4, 0.5) is 0 Å². The van der Waals surface area contributed by atoms with Crippen LogP contribution in [0.25, 0.3) is 0 Å². The third-order valence-corrected chi connectivity index (χ3v) is 5.93. The van der Waals surface area contributed by atoms with E-state index in [0.717, 1.165) is 12.8 Å². The van der Waals surface area contributed by atoms with Crippen LogP contribution < -0.4 is 0 Å². The number of nitrogens with one attached hydrogen (secondary N) is 1. The molecule has 1 aromatic carbocycles. The SMILES string of the molecule is N#CC1(C#N)C2CCCCC23OC(c2ccccc2)C1(C#N)OC3=N. The second-order valence-electron chi connectivity index (χ2n) is 6.91. The maximum atomic E-state index is 10.0. The fourth-order valence-corrected chi connectivity index (χ4v) is 4.76. The summed E-state index contributed by atoms with van der Waals surface area (Å²) in [6.07, 6.45) is 1.87. The summed E-state index contributed by atoms with van der Waals surface area (Å²) in [4.78, 5) is 0. The van der Waals surface area contributed by atoms with Crippen LogP contribution in [0.5, 0.6) is 0 Å². The summed E-state index contributed by atoms with van der Waals surface area (Å²) in [5.41, 5.74) is -3.96. The van der Waals surface area contributed by atoms with Crippen molar-refractivity contribution in [3.63, 3.8) is 0 Å². The number of nitriles is 3. The summed E-state index contributed by atoms with van der Waals surface area (Å²) in [5, 5.41) is 38.5. The topological polar surface area (TPSA) is 114 Å². The van der Waals surface area contributed by atoms with Gasteiger partial charge < -0.3 is 9.47 Å². The highest BCUT2D eigenvalue weighted by Gasteiger charge is 2.79. The third-order valence-electron chi connectivity index (χ3n) is 5.93. The predicted octanol–water partition coefficient (Wildman–Crippen LogP) is 2.99. The van der Waals surface area contributed by atoms with Crippen molar-refractivity contribution in [3.05, 3.63) is 35.9 Å². The Kier molecular flexibility index (Phi) is 3.16. The van der Waals surface area contributed by atoms with Crippen molar-refractivity contribution in [3.8, 4) is 18.2 Å². The Hall–Kier alpha value is -2.88. The van der Waals surface area contributed by atoms with Crippen LogP contribution in [-0.4, -0.2) is 17.1 Å². The van der Waals surface area contributed by atoms with E-state index in [0.29, 0.717) is 18.4 Å². The zero-order valence-electron chi connectivity index (χ0n) is 13.5. The van der Waals surface area contributed by atoms with E-state index >= 15 is 0 Å². The number of fused-ring (bicyclic) bond motifs is 2. The van der Waals surface area contributed by atoms with Gasteiger partial charge in [0, 0.05) is 5.92 Å². The second-order valence-corrected chi connectivity index (χ2v) is 6.91. The van der Waals surface area contributed by atoms with Crippen LogP contribution in [0.15, 0.2) is 30.3 Å². The fraction of sp³-hybridized carbons (Fsp3) is 0.474. The maximum Gasteiger partial charge on any atom is 0.257 e. The molecule has 0 amide bonds. The van der Waals surface area contributed by atoms with Crippen molar-refractivity contribution < 1.29 is 9.47 Å². The molecule has 1 N–H and O–H groups in total. The number of ether oxygens (including phenoxy) is 2. The Morgan fingerprint density at radius 3 is 2.40 bits per heavy atom. The van der Waals surface area contributed by atoms with Gasteiger partial charge in [-0.15, -0.1) is 0 Å². The van der Waals surface area contributed by atoms with Crippen LogP contribution in [-0.2, 0) is 9.47 Å². The van der Waals surface area contributed by atoms with E-state index in [1.165, 1.54) is 0 Å². The van der Waals surface area contributed by atoms with E-state index < -0.39 is 28.6 Å². The summed E-state index contributed by atoms with van der Waals surface area (Å²) < 4.78 is 12.2. The molecule has 0 aromatic heterocycles. The highest BCUT2D eigenvalue weighted by Crippen LogP contribution is 2.66. The van der Waals surface area contributed by atoms with Gasteiger partial charge in [-0.25, -0.2) is 0 Å². The Labute approximate surface area is 145 Å². The summed E-state index contributed by atoms with van der Waals surface area (Å²) in [7, 11) is 0. The molecule has 5 rings (SSSR count). The number of hydrogen-bond donors (Lipinski definition) is 1. The lowest BCUT2D eigenvalue weighted by Gasteiger charge is -2.63. The highest BCUT2D eigenvalue weighted by atomic mass is 16.6. The molecule has 4 fully saturated rings. The molecule has 6 heteroatoms. The van der Waals surface area contributed by atoms with Gasteiger partial charge in [0.05, 0.1) is 12.1 Å². The molecule has 1 aromatic rings. The van der Waals surface area contributed by atoms with Crippen molar-refractivity contribution >= 4 is 5.90 Å². The molecule has 1 saturated carbocycles. The minimum Gasteiger partial charge on any atom is -0.451 e. The molecule has 3 saturated heterocycles. The fourth-order valence-electron chi connectivity index (χ4n) is 4.76. The first kappa shape index (κ1) is 15.6. The zero-order chi connectivity index (χ0) is 17.7. The first-order valence-corrected chi connectivity index (χ1v) is 8.35. The normalized spacial score (nSPS) is 37.7. The third kappa shape index (κ3) is 1.62. The van der Waals surface area contributed by atoms with E-state index in [1.807, 2.05) is 18.2 Å². The smallest absolute Gasteiger partial charge is 0.257 e.